The number of rotatable bonds is 2. The summed E-state index contributed by atoms with van der Waals surface area (Å²) < 4.78 is 19.0. The Kier molecular flexibility index (Phi) is 3.39. The van der Waals surface area contributed by atoms with Crippen LogP contribution in [0.5, 0.6) is 0 Å². The van der Waals surface area contributed by atoms with Crippen molar-refractivity contribution in [3.63, 3.8) is 0 Å². The SMILES string of the molecule is CC1COC(CO)CN1c1nc(N)ncc1F. The number of nitrogen functional groups attached to an aromatic ring is 1. The number of ether oxygens (including phenoxy) is 1. The van der Waals surface area contributed by atoms with Gasteiger partial charge in [-0.3, -0.25) is 0 Å². The van der Waals surface area contributed by atoms with Crippen LogP contribution in [0.25, 0.3) is 0 Å². The first-order valence-corrected chi connectivity index (χ1v) is 5.39. The Morgan fingerprint density at radius 3 is 3.18 bits per heavy atom. The molecule has 1 fully saturated rings. The summed E-state index contributed by atoms with van der Waals surface area (Å²) in [7, 11) is 0. The molecule has 2 rings (SSSR count). The highest BCUT2D eigenvalue weighted by molar-refractivity contribution is 5.44. The van der Waals surface area contributed by atoms with Gasteiger partial charge in [0.2, 0.25) is 5.95 Å². The molecule has 1 aliphatic heterocycles. The third-order valence-corrected chi connectivity index (χ3v) is 2.73. The van der Waals surface area contributed by atoms with E-state index in [2.05, 4.69) is 9.97 Å². The molecular formula is C10H15FN4O2. The Morgan fingerprint density at radius 1 is 1.71 bits per heavy atom. The molecule has 2 unspecified atom stereocenters. The van der Waals surface area contributed by atoms with Crippen molar-refractivity contribution in [3.8, 4) is 0 Å². The molecule has 7 heteroatoms. The fourth-order valence-corrected chi connectivity index (χ4v) is 1.80. The molecule has 0 radical (unpaired) electrons. The van der Waals surface area contributed by atoms with Crippen LogP contribution in [0.2, 0.25) is 0 Å². The van der Waals surface area contributed by atoms with Gasteiger partial charge < -0.3 is 20.5 Å². The van der Waals surface area contributed by atoms with Crippen molar-refractivity contribution in [1.82, 2.24) is 9.97 Å². The molecule has 1 aromatic rings. The van der Waals surface area contributed by atoms with E-state index >= 15 is 0 Å². The second kappa shape index (κ2) is 4.80. The van der Waals surface area contributed by atoms with Crippen molar-refractivity contribution in [2.24, 2.45) is 0 Å². The van der Waals surface area contributed by atoms with Crippen LogP contribution < -0.4 is 10.6 Å². The Morgan fingerprint density at radius 2 is 2.47 bits per heavy atom. The quantitative estimate of drug-likeness (QED) is 0.746. The van der Waals surface area contributed by atoms with Crippen molar-refractivity contribution in [1.29, 1.82) is 0 Å². The van der Waals surface area contributed by atoms with Crippen LogP contribution in [0.1, 0.15) is 6.92 Å². The summed E-state index contributed by atoms with van der Waals surface area (Å²) in [4.78, 5) is 9.21. The van der Waals surface area contributed by atoms with Gasteiger partial charge in [0.25, 0.3) is 0 Å². The summed E-state index contributed by atoms with van der Waals surface area (Å²) in [6, 6.07) is -0.0263. The van der Waals surface area contributed by atoms with Crippen LogP contribution >= 0.6 is 0 Å². The van der Waals surface area contributed by atoms with Gasteiger partial charge in [-0.15, -0.1) is 0 Å². The molecule has 3 N–H and O–H groups in total. The van der Waals surface area contributed by atoms with Gasteiger partial charge in [-0.25, -0.2) is 9.37 Å². The molecule has 2 atom stereocenters. The number of morpholine rings is 1. The standard InChI is InChI=1S/C10H15FN4O2/c1-6-5-17-7(4-16)3-15(6)9-8(11)2-13-10(12)14-9/h2,6-7,16H,3-5H2,1H3,(H2,12,13,14). The van der Waals surface area contributed by atoms with E-state index in [-0.39, 0.29) is 30.5 Å². The minimum atomic E-state index is -0.523. The predicted molar refractivity (Wildman–Crippen MR) is 60.0 cm³/mol. The van der Waals surface area contributed by atoms with Crippen molar-refractivity contribution in [2.45, 2.75) is 19.1 Å². The van der Waals surface area contributed by atoms with E-state index in [0.717, 1.165) is 6.20 Å². The maximum atomic E-state index is 13.6. The highest BCUT2D eigenvalue weighted by atomic mass is 19.1. The average molecular weight is 242 g/mol. The van der Waals surface area contributed by atoms with Crippen LogP contribution in [0.4, 0.5) is 16.2 Å². The molecule has 2 heterocycles. The molecule has 0 amide bonds. The van der Waals surface area contributed by atoms with E-state index < -0.39 is 5.82 Å². The van der Waals surface area contributed by atoms with Crippen molar-refractivity contribution >= 4 is 11.8 Å². The number of halogens is 1. The lowest BCUT2D eigenvalue weighted by atomic mass is 10.2. The molecule has 1 aromatic heterocycles. The molecule has 17 heavy (non-hydrogen) atoms. The first kappa shape index (κ1) is 12.0. The fourth-order valence-electron chi connectivity index (χ4n) is 1.80. The molecule has 1 saturated heterocycles. The number of aromatic nitrogens is 2. The molecule has 1 aliphatic rings. The van der Waals surface area contributed by atoms with E-state index in [1.54, 1.807) is 4.90 Å². The number of aliphatic hydroxyl groups is 1. The topological polar surface area (TPSA) is 84.5 Å². The van der Waals surface area contributed by atoms with E-state index in [1.807, 2.05) is 6.92 Å². The maximum absolute atomic E-state index is 13.6. The predicted octanol–water partition coefficient (Wildman–Crippen LogP) is -0.216. The molecule has 0 aromatic carbocycles. The van der Waals surface area contributed by atoms with Gasteiger partial charge in [0.15, 0.2) is 11.6 Å². The first-order valence-electron chi connectivity index (χ1n) is 5.39. The molecule has 0 spiro atoms. The summed E-state index contributed by atoms with van der Waals surface area (Å²) in [6.45, 7) is 2.58. The minimum absolute atomic E-state index is 0.0263. The zero-order valence-corrected chi connectivity index (χ0v) is 9.51. The van der Waals surface area contributed by atoms with E-state index in [0.29, 0.717) is 13.2 Å². The Hall–Kier alpha value is -1.47. The number of nitrogens with two attached hydrogens (primary N) is 1. The van der Waals surface area contributed by atoms with Gasteiger partial charge in [0, 0.05) is 6.54 Å². The Bertz CT molecular complexity index is 404. The van der Waals surface area contributed by atoms with Crippen LogP contribution in [0.15, 0.2) is 6.20 Å². The summed E-state index contributed by atoms with van der Waals surface area (Å²) >= 11 is 0. The van der Waals surface area contributed by atoms with Crippen LogP contribution in [0.3, 0.4) is 0 Å². The summed E-state index contributed by atoms with van der Waals surface area (Å²) in [5.41, 5.74) is 5.45. The zero-order valence-electron chi connectivity index (χ0n) is 9.51. The minimum Gasteiger partial charge on any atom is -0.394 e. The Balaban J connectivity index is 2.27. The van der Waals surface area contributed by atoms with Crippen LogP contribution in [-0.4, -0.2) is 47.0 Å². The molecular weight excluding hydrogens is 227 g/mol. The van der Waals surface area contributed by atoms with Gasteiger partial charge in [-0.05, 0) is 6.92 Å². The van der Waals surface area contributed by atoms with Gasteiger partial charge >= 0.3 is 0 Å². The third kappa shape index (κ3) is 2.45. The lowest BCUT2D eigenvalue weighted by Crippen LogP contribution is -2.50. The molecule has 0 aliphatic carbocycles. The smallest absolute Gasteiger partial charge is 0.222 e. The van der Waals surface area contributed by atoms with Crippen molar-refractivity contribution in [2.75, 3.05) is 30.4 Å². The summed E-state index contributed by atoms with van der Waals surface area (Å²) in [5, 5.41) is 9.06. The molecule has 6 nitrogen and oxygen atoms in total. The highest BCUT2D eigenvalue weighted by Gasteiger charge is 2.28. The number of aliphatic hydroxyl groups excluding tert-OH is 1. The first-order chi connectivity index (χ1) is 8.11. The van der Waals surface area contributed by atoms with Gasteiger partial charge in [0.1, 0.15) is 0 Å². The van der Waals surface area contributed by atoms with Gasteiger partial charge in [0.05, 0.1) is 31.6 Å². The molecule has 0 saturated carbocycles. The summed E-state index contributed by atoms with van der Waals surface area (Å²) in [6.07, 6.45) is 0.718. The normalized spacial score (nSPS) is 25.0. The van der Waals surface area contributed by atoms with Crippen molar-refractivity contribution < 1.29 is 14.2 Å². The van der Waals surface area contributed by atoms with Crippen LogP contribution in [-0.2, 0) is 4.74 Å². The van der Waals surface area contributed by atoms with Crippen LogP contribution in [0, 0.1) is 5.82 Å². The van der Waals surface area contributed by atoms with E-state index in [4.69, 9.17) is 15.6 Å². The second-order valence-electron chi connectivity index (χ2n) is 4.04. The molecule has 0 bridgehead atoms. The highest BCUT2D eigenvalue weighted by Crippen LogP contribution is 2.22. The summed E-state index contributed by atoms with van der Waals surface area (Å²) in [5.74, 6) is -0.336. The fraction of sp³-hybridized carbons (Fsp3) is 0.600. The number of anilines is 2. The zero-order chi connectivity index (χ0) is 12.4. The van der Waals surface area contributed by atoms with E-state index in [1.165, 1.54) is 0 Å². The monoisotopic (exact) mass is 242 g/mol. The number of nitrogens with zero attached hydrogens (tertiary/aromatic N) is 3. The maximum Gasteiger partial charge on any atom is 0.222 e. The Labute approximate surface area is 98.2 Å². The number of hydrogen-bond acceptors (Lipinski definition) is 6. The van der Waals surface area contributed by atoms with Crippen molar-refractivity contribution in [3.05, 3.63) is 12.0 Å². The van der Waals surface area contributed by atoms with E-state index in [9.17, 15) is 4.39 Å². The molecule has 94 valence electrons. The second-order valence-corrected chi connectivity index (χ2v) is 4.04. The number of hydrogen-bond donors (Lipinski definition) is 2. The average Bonchev–Trinajstić information content (AvgIpc) is 2.33. The largest absolute Gasteiger partial charge is 0.394 e. The van der Waals surface area contributed by atoms with Gasteiger partial charge in [-0.1, -0.05) is 0 Å². The lowest BCUT2D eigenvalue weighted by Gasteiger charge is -2.38. The van der Waals surface area contributed by atoms with Gasteiger partial charge in [-0.2, -0.15) is 4.98 Å². The third-order valence-electron chi connectivity index (χ3n) is 2.73. The lowest BCUT2D eigenvalue weighted by molar-refractivity contribution is -0.0107.